The van der Waals surface area contributed by atoms with Crippen molar-refractivity contribution in [1.29, 1.82) is 0 Å². The van der Waals surface area contributed by atoms with Crippen LogP contribution in [0.5, 0.6) is 11.5 Å². The van der Waals surface area contributed by atoms with E-state index in [9.17, 15) is 13.6 Å². The number of rotatable bonds is 8. The molecule has 6 nitrogen and oxygen atoms in total. The van der Waals surface area contributed by atoms with Crippen LogP contribution in [0.2, 0.25) is 0 Å². The van der Waals surface area contributed by atoms with Gasteiger partial charge in [-0.15, -0.1) is 0 Å². The van der Waals surface area contributed by atoms with E-state index in [1.54, 1.807) is 12.1 Å². The van der Waals surface area contributed by atoms with Crippen LogP contribution in [-0.4, -0.2) is 56.7 Å². The summed E-state index contributed by atoms with van der Waals surface area (Å²) >= 11 is 0. The summed E-state index contributed by atoms with van der Waals surface area (Å²) in [5.74, 6) is 0.197. The highest BCUT2D eigenvalue weighted by Crippen LogP contribution is 2.29. The zero-order chi connectivity index (χ0) is 20.0. The van der Waals surface area contributed by atoms with Crippen LogP contribution in [0.25, 0.3) is 0 Å². The number of alkyl halides is 2. The van der Waals surface area contributed by atoms with Crippen LogP contribution in [0.1, 0.15) is 25.8 Å². The van der Waals surface area contributed by atoms with Crippen LogP contribution in [0.15, 0.2) is 18.2 Å². The topological polar surface area (TPSA) is 76.8 Å². The van der Waals surface area contributed by atoms with Gasteiger partial charge < -0.3 is 20.5 Å². The zero-order valence-corrected chi connectivity index (χ0v) is 16.1. The number of hydrogen-bond donors (Lipinski definition) is 2. The number of nitrogens with two attached hydrogens (primary N) is 1. The van der Waals surface area contributed by atoms with Gasteiger partial charge in [0, 0.05) is 25.7 Å². The minimum absolute atomic E-state index is 0.00285. The lowest BCUT2D eigenvalue weighted by atomic mass is 9.80. The Morgan fingerprint density at radius 1 is 1.41 bits per heavy atom. The Hall–Kier alpha value is -1.93. The van der Waals surface area contributed by atoms with Crippen molar-refractivity contribution >= 4 is 5.91 Å². The molecule has 0 bridgehead atoms. The highest BCUT2D eigenvalue weighted by Gasteiger charge is 2.33. The van der Waals surface area contributed by atoms with Gasteiger partial charge in [-0.2, -0.15) is 8.78 Å². The molecule has 0 saturated carbocycles. The molecule has 0 aliphatic carbocycles. The van der Waals surface area contributed by atoms with E-state index in [0.29, 0.717) is 19.5 Å². The number of likely N-dealkylation sites (tertiary alicyclic amines) is 1. The van der Waals surface area contributed by atoms with Gasteiger partial charge in [-0.05, 0) is 36.0 Å². The maximum Gasteiger partial charge on any atom is 0.387 e. The first-order chi connectivity index (χ1) is 12.7. The van der Waals surface area contributed by atoms with Gasteiger partial charge >= 0.3 is 6.61 Å². The van der Waals surface area contributed by atoms with Crippen molar-refractivity contribution in [1.82, 2.24) is 10.2 Å². The lowest BCUT2D eigenvalue weighted by Gasteiger charge is -2.42. The van der Waals surface area contributed by atoms with E-state index in [1.807, 2.05) is 0 Å². The predicted molar refractivity (Wildman–Crippen MR) is 99.2 cm³/mol. The van der Waals surface area contributed by atoms with Crippen LogP contribution < -0.4 is 20.5 Å². The van der Waals surface area contributed by atoms with Crippen LogP contribution in [-0.2, 0) is 11.2 Å². The number of amides is 1. The number of methoxy groups -OCH3 is 1. The summed E-state index contributed by atoms with van der Waals surface area (Å²) in [6.45, 7) is 3.76. The van der Waals surface area contributed by atoms with Crippen molar-refractivity contribution in [2.24, 2.45) is 11.1 Å². The molecule has 0 spiro atoms. The highest BCUT2D eigenvalue weighted by molar-refractivity contribution is 5.78. The Bertz CT molecular complexity index is 641. The second-order valence-electron chi connectivity index (χ2n) is 7.56. The number of hydrogen-bond acceptors (Lipinski definition) is 5. The standard InChI is InChI=1S/C19H29F2N3O3/c1-19(2)12-24(9-7-16(19)22)11-17(25)23-8-6-13-4-5-14(27-18(20)21)15(10-13)26-3/h4-5,10,16,18H,6-9,11-12,22H2,1-3H3,(H,23,25). The minimum Gasteiger partial charge on any atom is -0.493 e. The Balaban J connectivity index is 1.79. The van der Waals surface area contributed by atoms with Crippen molar-refractivity contribution in [3.8, 4) is 11.5 Å². The number of carbonyl (C=O) groups excluding carboxylic acids is 1. The molecule has 0 aromatic heterocycles. The number of piperidine rings is 1. The Kier molecular flexibility index (Phi) is 7.38. The van der Waals surface area contributed by atoms with E-state index in [0.717, 1.165) is 25.1 Å². The highest BCUT2D eigenvalue weighted by atomic mass is 19.3. The normalized spacial score (nSPS) is 19.7. The predicted octanol–water partition coefficient (Wildman–Crippen LogP) is 2.01. The Morgan fingerprint density at radius 3 is 2.78 bits per heavy atom. The van der Waals surface area contributed by atoms with Crippen molar-refractivity contribution in [3.05, 3.63) is 23.8 Å². The maximum atomic E-state index is 12.4. The van der Waals surface area contributed by atoms with E-state index >= 15 is 0 Å². The number of nitrogens with one attached hydrogen (secondary N) is 1. The van der Waals surface area contributed by atoms with Gasteiger partial charge in [0.25, 0.3) is 0 Å². The molecule has 27 heavy (non-hydrogen) atoms. The van der Waals surface area contributed by atoms with Gasteiger partial charge in [0.1, 0.15) is 0 Å². The van der Waals surface area contributed by atoms with Crippen molar-refractivity contribution in [2.45, 2.75) is 39.3 Å². The Labute approximate surface area is 159 Å². The third-order valence-corrected chi connectivity index (χ3v) is 4.94. The lowest BCUT2D eigenvalue weighted by Crippen LogP contribution is -2.54. The number of ether oxygens (including phenoxy) is 2. The number of halogens is 2. The molecule has 1 amide bonds. The first kappa shape index (κ1) is 21.4. The molecule has 1 atom stereocenters. The van der Waals surface area contributed by atoms with E-state index < -0.39 is 6.61 Å². The fourth-order valence-corrected chi connectivity index (χ4v) is 3.29. The van der Waals surface area contributed by atoms with Gasteiger partial charge in [-0.25, -0.2) is 0 Å². The van der Waals surface area contributed by atoms with Crippen molar-refractivity contribution < 1.29 is 23.0 Å². The fourth-order valence-electron chi connectivity index (χ4n) is 3.29. The molecular formula is C19H29F2N3O3. The van der Waals surface area contributed by atoms with E-state index in [4.69, 9.17) is 10.5 Å². The first-order valence-corrected chi connectivity index (χ1v) is 9.07. The van der Waals surface area contributed by atoms with Crippen LogP contribution >= 0.6 is 0 Å². The third kappa shape index (κ3) is 6.32. The average Bonchev–Trinajstić information content (AvgIpc) is 2.58. The van der Waals surface area contributed by atoms with Crippen molar-refractivity contribution in [3.63, 3.8) is 0 Å². The molecule has 3 N–H and O–H groups in total. The summed E-state index contributed by atoms with van der Waals surface area (Å²) in [7, 11) is 1.39. The van der Waals surface area contributed by atoms with Gasteiger partial charge in [-0.3, -0.25) is 9.69 Å². The monoisotopic (exact) mass is 385 g/mol. The molecule has 152 valence electrons. The molecule has 1 heterocycles. The average molecular weight is 385 g/mol. The summed E-state index contributed by atoms with van der Waals surface area (Å²) in [6, 6.07) is 4.92. The molecule has 1 aliphatic rings. The second-order valence-corrected chi connectivity index (χ2v) is 7.56. The summed E-state index contributed by atoms with van der Waals surface area (Å²) in [5.41, 5.74) is 6.98. The molecule has 2 rings (SSSR count). The number of benzene rings is 1. The molecule has 1 aliphatic heterocycles. The van der Waals surface area contributed by atoms with Crippen LogP contribution in [0, 0.1) is 5.41 Å². The molecule has 8 heteroatoms. The van der Waals surface area contributed by atoms with Gasteiger partial charge in [0.05, 0.1) is 13.7 Å². The van der Waals surface area contributed by atoms with Gasteiger partial charge in [0.15, 0.2) is 11.5 Å². The van der Waals surface area contributed by atoms with Crippen LogP contribution in [0.4, 0.5) is 8.78 Å². The van der Waals surface area contributed by atoms with Gasteiger partial charge in [-0.1, -0.05) is 19.9 Å². The van der Waals surface area contributed by atoms with Gasteiger partial charge in [0.2, 0.25) is 5.91 Å². The number of carbonyl (C=O) groups is 1. The maximum absolute atomic E-state index is 12.4. The number of nitrogens with zero attached hydrogens (tertiary/aromatic N) is 1. The summed E-state index contributed by atoms with van der Waals surface area (Å²) in [6.07, 6.45) is 1.44. The summed E-state index contributed by atoms with van der Waals surface area (Å²) in [4.78, 5) is 14.3. The minimum atomic E-state index is -2.90. The molecule has 1 fully saturated rings. The van der Waals surface area contributed by atoms with E-state index in [1.165, 1.54) is 13.2 Å². The van der Waals surface area contributed by atoms with E-state index in [-0.39, 0.29) is 28.9 Å². The summed E-state index contributed by atoms with van der Waals surface area (Å²) in [5, 5.41) is 2.90. The van der Waals surface area contributed by atoms with Crippen LogP contribution in [0.3, 0.4) is 0 Å². The second kappa shape index (κ2) is 9.32. The molecule has 1 saturated heterocycles. The van der Waals surface area contributed by atoms with E-state index in [2.05, 4.69) is 28.8 Å². The molecular weight excluding hydrogens is 356 g/mol. The molecule has 1 unspecified atom stereocenters. The smallest absolute Gasteiger partial charge is 0.387 e. The lowest BCUT2D eigenvalue weighted by molar-refractivity contribution is -0.123. The zero-order valence-electron chi connectivity index (χ0n) is 16.1. The quantitative estimate of drug-likeness (QED) is 0.716. The third-order valence-electron chi connectivity index (χ3n) is 4.94. The largest absolute Gasteiger partial charge is 0.493 e. The van der Waals surface area contributed by atoms with Crippen molar-refractivity contribution in [2.75, 3.05) is 33.3 Å². The Morgan fingerprint density at radius 2 is 2.15 bits per heavy atom. The molecule has 1 aromatic rings. The molecule has 0 radical (unpaired) electrons. The molecule has 1 aromatic carbocycles. The SMILES string of the molecule is COc1cc(CCNC(=O)CN2CCC(N)C(C)(C)C2)ccc1OC(F)F. The fraction of sp³-hybridized carbons (Fsp3) is 0.632. The summed E-state index contributed by atoms with van der Waals surface area (Å²) < 4.78 is 34.2. The first-order valence-electron chi connectivity index (χ1n) is 9.07.